The van der Waals surface area contributed by atoms with Crippen LogP contribution in [0.5, 0.6) is 0 Å². The molecule has 0 radical (unpaired) electrons. The van der Waals surface area contributed by atoms with Crippen molar-refractivity contribution in [2.24, 2.45) is 4.99 Å². The van der Waals surface area contributed by atoms with Crippen molar-refractivity contribution in [1.29, 1.82) is 0 Å². The highest BCUT2D eigenvalue weighted by atomic mass is 16.5. The summed E-state index contributed by atoms with van der Waals surface area (Å²) in [7, 11) is 1.62. The van der Waals surface area contributed by atoms with Crippen molar-refractivity contribution in [3.63, 3.8) is 0 Å². The number of allylic oxidation sites excluding steroid dienone is 1. The van der Waals surface area contributed by atoms with Gasteiger partial charge in [0, 0.05) is 44.2 Å². The molecule has 0 spiro atoms. The molecular formula is C19H25N3O2. The first-order chi connectivity index (χ1) is 11.7. The van der Waals surface area contributed by atoms with Gasteiger partial charge in [0.15, 0.2) is 0 Å². The van der Waals surface area contributed by atoms with E-state index in [0.717, 1.165) is 37.3 Å². The summed E-state index contributed by atoms with van der Waals surface area (Å²) in [6.07, 6.45) is 6.53. The zero-order valence-corrected chi connectivity index (χ0v) is 14.5. The van der Waals surface area contributed by atoms with E-state index in [1.54, 1.807) is 7.11 Å². The van der Waals surface area contributed by atoms with E-state index in [2.05, 4.69) is 34.2 Å². The average Bonchev–Trinajstić information content (AvgIpc) is 3.24. The van der Waals surface area contributed by atoms with E-state index >= 15 is 0 Å². The number of carbonyl (C=O) groups is 1. The molecule has 5 nitrogen and oxygen atoms in total. The first kappa shape index (κ1) is 16.7. The second-order valence-electron chi connectivity index (χ2n) is 6.11. The maximum absolute atomic E-state index is 12.4. The van der Waals surface area contributed by atoms with Gasteiger partial charge in [-0.25, -0.2) is 0 Å². The van der Waals surface area contributed by atoms with Crippen molar-refractivity contribution in [2.45, 2.75) is 26.2 Å². The van der Waals surface area contributed by atoms with Crippen molar-refractivity contribution in [2.75, 3.05) is 43.2 Å². The van der Waals surface area contributed by atoms with Gasteiger partial charge < -0.3 is 14.5 Å². The number of carbonyl (C=O) groups excluding carboxylic acids is 1. The van der Waals surface area contributed by atoms with Gasteiger partial charge in [-0.05, 0) is 31.0 Å². The van der Waals surface area contributed by atoms with Crippen molar-refractivity contribution < 1.29 is 9.53 Å². The number of hydrogen-bond acceptors (Lipinski definition) is 4. The maximum atomic E-state index is 12.4. The Morgan fingerprint density at radius 3 is 3.00 bits per heavy atom. The zero-order valence-electron chi connectivity index (χ0n) is 14.5. The molecule has 2 aliphatic heterocycles. The monoisotopic (exact) mass is 327 g/mol. The Morgan fingerprint density at radius 2 is 2.29 bits per heavy atom. The summed E-state index contributed by atoms with van der Waals surface area (Å²) in [6.45, 7) is 4.98. The lowest BCUT2D eigenvalue weighted by Gasteiger charge is -2.24. The van der Waals surface area contributed by atoms with Gasteiger partial charge in [0.05, 0.1) is 25.3 Å². The summed E-state index contributed by atoms with van der Waals surface area (Å²) in [5, 5.41) is 0. The van der Waals surface area contributed by atoms with Gasteiger partial charge in [0.1, 0.15) is 0 Å². The van der Waals surface area contributed by atoms with E-state index in [0.29, 0.717) is 19.6 Å². The van der Waals surface area contributed by atoms with Crippen LogP contribution in [0.15, 0.2) is 35.0 Å². The molecule has 0 N–H and O–H groups in total. The van der Waals surface area contributed by atoms with Gasteiger partial charge in [-0.2, -0.15) is 0 Å². The van der Waals surface area contributed by atoms with E-state index in [1.807, 2.05) is 18.0 Å². The van der Waals surface area contributed by atoms with Crippen LogP contribution in [0.4, 0.5) is 11.4 Å². The number of fused-ring (bicyclic) bond motifs is 1. The molecule has 0 atom stereocenters. The molecule has 0 aliphatic carbocycles. The van der Waals surface area contributed by atoms with Crippen LogP contribution in [0.25, 0.3) is 0 Å². The van der Waals surface area contributed by atoms with Crippen molar-refractivity contribution >= 4 is 23.5 Å². The number of benzene rings is 1. The zero-order chi connectivity index (χ0) is 16.9. The highest BCUT2D eigenvalue weighted by molar-refractivity contribution is 5.94. The Kier molecular flexibility index (Phi) is 5.30. The largest absolute Gasteiger partial charge is 0.384 e. The van der Waals surface area contributed by atoms with Crippen molar-refractivity contribution in [3.8, 4) is 0 Å². The molecule has 0 saturated carbocycles. The fraction of sp³-hybridized carbons (Fsp3) is 0.474. The fourth-order valence-electron chi connectivity index (χ4n) is 3.31. The van der Waals surface area contributed by atoms with Crippen LogP contribution in [0, 0.1) is 0 Å². The quantitative estimate of drug-likeness (QED) is 0.773. The minimum Gasteiger partial charge on any atom is -0.384 e. The maximum Gasteiger partial charge on any atom is 0.229 e. The van der Waals surface area contributed by atoms with Crippen LogP contribution in [0.2, 0.25) is 0 Å². The van der Waals surface area contributed by atoms with Gasteiger partial charge in [0.25, 0.3) is 0 Å². The van der Waals surface area contributed by atoms with E-state index in [9.17, 15) is 4.79 Å². The lowest BCUT2D eigenvalue weighted by Crippen LogP contribution is -2.31. The second kappa shape index (κ2) is 7.62. The standard InChI is InChI=1S/C19H25N3O2/c1-3-22(19(23)9-12-24-2)17-7-6-15-8-11-21(18(15)13-17)14-16-5-4-10-20-16/h5-7,10,13H,3-4,8-9,11-12,14H2,1-2H3. The third-order valence-electron chi connectivity index (χ3n) is 4.58. The molecule has 3 rings (SSSR count). The van der Waals surface area contributed by atoms with E-state index in [-0.39, 0.29) is 5.91 Å². The lowest BCUT2D eigenvalue weighted by molar-refractivity contribution is -0.119. The minimum absolute atomic E-state index is 0.104. The fourth-order valence-corrected chi connectivity index (χ4v) is 3.31. The van der Waals surface area contributed by atoms with Crippen LogP contribution in [0.3, 0.4) is 0 Å². The van der Waals surface area contributed by atoms with Crippen molar-refractivity contribution in [1.82, 2.24) is 0 Å². The van der Waals surface area contributed by atoms with Gasteiger partial charge >= 0.3 is 0 Å². The molecule has 0 aromatic heterocycles. The molecule has 128 valence electrons. The smallest absolute Gasteiger partial charge is 0.229 e. The summed E-state index contributed by atoms with van der Waals surface area (Å²) in [6, 6.07) is 6.36. The molecule has 1 aromatic carbocycles. The predicted octanol–water partition coefficient (Wildman–Crippen LogP) is 2.80. The molecule has 1 aromatic rings. The van der Waals surface area contributed by atoms with Crippen LogP contribution >= 0.6 is 0 Å². The Balaban J connectivity index is 1.78. The van der Waals surface area contributed by atoms with Crippen LogP contribution in [-0.4, -0.2) is 45.5 Å². The Hall–Kier alpha value is -2.14. The van der Waals surface area contributed by atoms with Gasteiger partial charge in [-0.15, -0.1) is 0 Å². The molecule has 1 amide bonds. The number of anilines is 2. The number of methoxy groups -OCH3 is 1. The van der Waals surface area contributed by atoms with Crippen LogP contribution in [0.1, 0.15) is 25.3 Å². The highest BCUT2D eigenvalue weighted by Gasteiger charge is 2.22. The molecule has 2 heterocycles. The molecule has 5 heteroatoms. The van der Waals surface area contributed by atoms with Gasteiger partial charge in [0.2, 0.25) is 5.91 Å². The van der Waals surface area contributed by atoms with Crippen molar-refractivity contribution in [3.05, 3.63) is 35.5 Å². The first-order valence-electron chi connectivity index (χ1n) is 8.61. The molecule has 0 bridgehead atoms. The summed E-state index contributed by atoms with van der Waals surface area (Å²) in [5.41, 5.74) is 4.68. The highest BCUT2D eigenvalue weighted by Crippen LogP contribution is 2.33. The molecule has 24 heavy (non-hydrogen) atoms. The number of hydrogen-bond donors (Lipinski definition) is 0. The third-order valence-corrected chi connectivity index (χ3v) is 4.58. The summed E-state index contributed by atoms with van der Waals surface area (Å²) in [5.74, 6) is 0.104. The van der Waals surface area contributed by atoms with E-state index in [4.69, 9.17) is 4.74 Å². The molecule has 0 fully saturated rings. The first-order valence-corrected chi connectivity index (χ1v) is 8.61. The Bertz CT molecular complexity index is 667. The summed E-state index contributed by atoms with van der Waals surface area (Å²) < 4.78 is 5.03. The minimum atomic E-state index is 0.104. The predicted molar refractivity (Wildman–Crippen MR) is 98.1 cm³/mol. The normalized spacial score (nSPS) is 15.6. The topological polar surface area (TPSA) is 45.1 Å². The molecule has 2 aliphatic rings. The number of rotatable bonds is 7. The number of ether oxygens (including phenoxy) is 1. The molecular weight excluding hydrogens is 302 g/mol. The average molecular weight is 327 g/mol. The van der Waals surface area contributed by atoms with Gasteiger partial charge in [-0.3, -0.25) is 9.79 Å². The number of nitrogens with zero attached hydrogens (tertiary/aromatic N) is 3. The third kappa shape index (κ3) is 3.51. The summed E-state index contributed by atoms with van der Waals surface area (Å²) in [4.78, 5) is 21.0. The Morgan fingerprint density at radius 1 is 1.42 bits per heavy atom. The van der Waals surface area contributed by atoms with Crippen LogP contribution in [-0.2, 0) is 16.0 Å². The SMILES string of the molecule is CCN(C(=O)CCOC)c1ccc2c(c1)N(CC1=CCC=N1)CC2. The van der Waals surface area contributed by atoms with Gasteiger partial charge in [-0.1, -0.05) is 12.1 Å². The van der Waals surface area contributed by atoms with Crippen LogP contribution < -0.4 is 9.80 Å². The summed E-state index contributed by atoms with van der Waals surface area (Å²) >= 11 is 0. The number of amides is 1. The molecule has 0 saturated heterocycles. The van der Waals surface area contributed by atoms with E-state index in [1.165, 1.54) is 11.3 Å². The lowest BCUT2D eigenvalue weighted by atomic mass is 10.1. The van der Waals surface area contributed by atoms with E-state index < -0.39 is 0 Å². The number of aliphatic imine (C=N–C) groups is 1. The second-order valence-corrected chi connectivity index (χ2v) is 6.11. The Labute approximate surface area is 143 Å². The molecule has 0 unspecified atom stereocenters.